The van der Waals surface area contributed by atoms with Crippen molar-refractivity contribution in [3.8, 4) is 11.3 Å². The molecule has 1 atom stereocenters. The molecule has 0 saturated heterocycles. The van der Waals surface area contributed by atoms with Gasteiger partial charge in [-0.3, -0.25) is 4.79 Å². The van der Waals surface area contributed by atoms with E-state index in [4.69, 9.17) is 16.0 Å². The Bertz CT molecular complexity index is 980. The maximum absolute atomic E-state index is 11.5. The van der Waals surface area contributed by atoms with Crippen LogP contribution in [-0.4, -0.2) is 23.4 Å². The third-order valence-electron chi connectivity index (χ3n) is 4.56. The highest BCUT2D eigenvalue weighted by atomic mass is 35.5. The topological polar surface area (TPSA) is 45.8 Å². The van der Waals surface area contributed by atoms with Crippen LogP contribution < -0.4 is 0 Å². The lowest BCUT2D eigenvalue weighted by atomic mass is 10.0. The summed E-state index contributed by atoms with van der Waals surface area (Å²) in [5.41, 5.74) is 2.84. The highest BCUT2D eigenvalue weighted by Gasteiger charge is 2.31. The molecule has 0 saturated carbocycles. The fourth-order valence-corrected chi connectivity index (χ4v) is 3.65. The summed E-state index contributed by atoms with van der Waals surface area (Å²) in [7, 11) is 0. The smallest absolute Gasteiger partial charge is 0.230 e. The second-order valence-electron chi connectivity index (χ2n) is 6.19. The number of thioether (sulfide) groups is 1. The van der Waals surface area contributed by atoms with Gasteiger partial charge in [0.1, 0.15) is 17.6 Å². The lowest BCUT2D eigenvalue weighted by molar-refractivity contribution is -0.120. The summed E-state index contributed by atoms with van der Waals surface area (Å²) in [5, 5.41) is 6.59. The van der Waals surface area contributed by atoms with E-state index in [0.717, 1.165) is 29.0 Å². The first kappa shape index (κ1) is 17.9. The molecule has 2 heterocycles. The number of carbonyl (C=O) groups excluding carboxylic acids is 1. The van der Waals surface area contributed by atoms with Gasteiger partial charge in [0.25, 0.3) is 0 Å². The number of hydrazone groups is 1. The molecule has 1 aliphatic heterocycles. The van der Waals surface area contributed by atoms with Crippen molar-refractivity contribution in [1.82, 2.24) is 5.01 Å². The van der Waals surface area contributed by atoms with Gasteiger partial charge in [-0.25, -0.2) is 5.01 Å². The summed E-state index contributed by atoms with van der Waals surface area (Å²) in [6.45, 7) is 0. The van der Waals surface area contributed by atoms with E-state index >= 15 is 0 Å². The number of benzene rings is 2. The number of nitrogens with zero attached hydrogens (tertiary/aromatic N) is 2. The van der Waals surface area contributed by atoms with Gasteiger partial charge in [0, 0.05) is 21.9 Å². The van der Waals surface area contributed by atoms with Crippen LogP contribution in [0.3, 0.4) is 0 Å². The average Bonchev–Trinajstić information content (AvgIpc) is 3.35. The standard InChI is InChI=1S/C21H17ClN2O2S/c1-27-17-8-4-14(5-9-17)18-12-19(24(13-25)23-18)21-11-10-20(26-21)15-2-6-16(22)7-3-15/h2-11,13,19H,12H2,1H3. The second-order valence-corrected chi connectivity index (χ2v) is 7.51. The first-order valence-corrected chi connectivity index (χ1v) is 10.1. The first-order valence-electron chi connectivity index (χ1n) is 8.49. The summed E-state index contributed by atoms with van der Waals surface area (Å²) in [6, 6.07) is 19.2. The number of rotatable bonds is 5. The monoisotopic (exact) mass is 396 g/mol. The van der Waals surface area contributed by atoms with Gasteiger partial charge in [-0.15, -0.1) is 11.8 Å². The molecule has 4 rings (SSSR count). The Kier molecular flexibility index (Phi) is 5.05. The number of carbonyl (C=O) groups is 1. The van der Waals surface area contributed by atoms with E-state index in [2.05, 4.69) is 17.2 Å². The predicted octanol–water partition coefficient (Wildman–Crippen LogP) is 5.63. The van der Waals surface area contributed by atoms with Crippen LogP contribution >= 0.6 is 23.4 Å². The Morgan fingerprint density at radius 3 is 2.44 bits per heavy atom. The van der Waals surface area contributed by atoms with Crippen LogP contribution in [0.15, 0.2) is 75.1 Å². The van der Waals surface area contributed by atoms with Gasteiger partial charge in [-0.2, -0.15) is 5.10 Å². The molecule has 2 aromatic carbocycles. The molecular weight excluding hydrogens is 380 g/mol. The van der Waals surface area contributed by atoms with Gasteiger partial charge in [0.15, 0.2) is 0 Å². The van der Waals surface area contributed by atoms with E-state index in [1.165, 1.54) is 9.90 Å². The molecule has 1 aliphatic rings. The van der Waals surface area contributed by atoms with E-state index in [1.807, 2.05) is 54.8 Å². The van der Waals surface area contributed by atoms with Gasteiger partial charge < -0.3 is 4.42 Å². The molecule has 1 unspecified atom stereocenters. The van der Waals surface area contributed by atoms with Crippen molar-refractivity contribution in [3.63, 3.8) is 0 Å². The predicted molar refractivity (Wildman–Crippen MR) is 109 cm³/mol. The van der Waals surface area contributed by atoms with E-state index in [1.54, 1.807) is 11.8 Å². The van der Waals surface area contributed by atoms with Crippen LogP contribution in [-0.2, 0) is 4.79 Å². The lowest BCUT2D eigenvalue weighted by Gasteiger charge is -2.14. The van der Waals surface area contributed by atoms with Gasteiger partial charge in [-0.05, 0) is 60.4 Å². The minimum Gasteiger partial charge on any atom is -0.459 e. The highest BCUT2D eigenvalue weighted by Crippen LogP contribution is 2.35. The Morgan fingerprint density at radius 1 is 1.07 bits per heavy atom. The van der Waals surface area contributed by atoms with Gasteiger partial charge in [-0.1, -0.05) is 23.7 Å². The maximum Gasteiger partial charge on any atom is 0.230 e. The Labute approximate surface area is 166 Å². The molecule has 27 heavy (non-hydrogen) atoms. The Hall–Kier alpha value is -2.50. The fourth-order valence-electron chi connectivity index (χ4n) is 3.11. The van der Waals surface area contributed by atoms with E-state index in [0.29, 0.717) is 17.2 Å². The minimum atomic E-state index is -0.237. The van der Waals surface area contributed by atoms with Crippen LogP contribution in [0.2, 0.25) is 5.02 Å². The zero-order chi connectivity index (χ0) is 18.8. The molecule has 0 spiro atoms. The van der Waals surface area contributed by atoms with Gasteiger partial charge in [0.05, 0.1) is 5.71 Å². The van der Waals surface area contributed by atoms with Crippen LogP contribution in [0, 0.1) is 0 Å². The van der Waals surface area contributed by atoms with Gasteiger partial charge >= 0.3 is 0 Å². The molecule has 3 aromatic rings. The second kappa shape index (κ2) is 7.62. The molecule has 6 heteroatoms. The Morgan fingerprint density at radius 2 is 1.78 bits per heavy atom. The van der Waals surface area contributed by atoms with Crippen molar-refractivity contribution in [2.45, 2.75) is 17.4 Å². The first-order chi connectivity index (χ1) is 13.2. The number of hydrogen-bond acceptors (Lipinski definition) is 4. The number of hydrogen-bond donors (Lipinski definition) is 0. The summed E-state index contributed by atoms with van der Waals surface area (Å²) in [6.07, 6.45) is 3.41. The summed E-state index contributed by atoms with van der Waals surface area (Å²) in [5.74, 6) is 1.46. The maximum atomic E-state index is 11.5. The van der Waals surface area contributed by atoms with E-state index < -0.39 is 0 Å². The van der Waals surface area contributed by atoms with Crippen molar-refractivity contribution >= 4 is 35.5 Å². The van der Waals surface area contributed by atoms with Crippen LogP contribution in [0.5, 0.6) is 0 Å². The number of halogens is 1. The van der Waals surface area contributed by atoms with Crippen molar-refractivity contribution in [3.05, 3.63) is 77.0 Å². The molecule has 0 fully saturated rings. The molecule has 1 amide bonds. The molecule has 0 N–H and O–H groups in total. The lowest BCUT2D eigenvalue weighted by Crippen LogP contribution is -2.16. The third-order valence-corrected chi connectivity index (χ3v) is 5.55. The van der Waals surface area contributed by atoms with Crippen LogP contribution in [0.25, 0.3) is 11.3 Å². The number of furan rings is 1. The van der Waals surface area contributed by atoms with Gasteiger partial charge in [0.2, 0.25) is 6.41 Å². The quantitative estimate of drug-likeness (QED) is 0.414. The summed E-state index contributed by atoms with van der Waals surface area (Å²) >= 11 is 7.64. The van der Waals surface area contributed by atoms with Crippen LogP contribution in [0.4, 0.5) is 0 Å². The SMILES string of the molecule is CSc1ccc(C2=NN(C=O)C(c3ccc(-c4ccc(Cl)cc4)o3)C2)cc1. The zero-order valence-electron chi connectivity index (χ0n) is 14.6. The molecule has 0 radical (unpaired) electrons. The number of amides is 1. The molecule has 136 valence electrons. The van der Waals surface area contributed by atoms with E-state index in [-0.39, 0.29) is 6.04 Å². The minimum absolute atomic E-state index is 0.237. The summed E-state index contributed by atoms with van der Waals surface area (Å²) < 4.78 is 6.03. The summed E-state index contributed by atoms with van der Waals surface area (Å²) in [4.78, 5) is 12.7. The molecule has 0 aliphatic carbocycles. The van der Waals surface area contributed by atoms with Crippen LogP contribution in [0.1, 0.15) is 23.8 Å². The molecular formula is C21H17ClN2O2S. The Balaban J connectivity index is 1.57. The molecule has 1 aromatic heterocycles. The molecule has 0 bridgehead atoms. The van der Waals surface area contributed by atoms with Crippen molar-refractivity contribution in [2.75, 3.05) is 6.26 Å². The van der Waals surface area contributed by atoms with Crippen molar-refractivity contribution in [1.29, 1.82) is 0 Å². The normalized spacial score (nSPS) is 16.4. The molecule has 4 nitrogen and oxygen atoms in total. The van der Waals surface area contributed by atoms with Crippen molar-refractivity contribution < 1.29 is 9.21 Å². The average molecular weight is 397 g/mol. The fraction of sp³-hybridized carbons (Fsp3) is 0.143. The highest BCUT2D eigenvalue weighted by molar-refractivity contribution is 7.98. The third kappa shape index (κ3) is 3.66. The van der Waals surface area contributed by atoms with E-state index in [9.17, 15) is 4.79 Å². The van der Waals surface area contributed by atoms with Crippen molar-refractivity contribution in [2.24, 2.45) is 5.10 Å². The largest absolute Gasteiger partial charge is 0.459 e. The zero-order valence-corrected chi connectivity index (χ0v) is 16.2.